The topological polar surface area (TPSA) is 66.2 Å². The van der Waals surface area contributed by atoms with E-state index in [1.165, 1.54) is 0 Å². The van der Waals surface area contributed by atoms with Crippen molar-refractivity contribution in [3.8, 4) is 0 Å². The zero-order valence-corrected chi connectivity index (χ0v) is 6.54. The molecule has 0 rings (SSSR count). The first-order valence-corrected chi connectivity index (χ1v) is 0.548. The fraction of sp³-hybridized carbons (Fsp3) is 0. The van der Waals surface area contributed by atoms with Gasteiger partial charge in [0.2, 0.25) is 0 Å². The molecule has 0 amide bonds. The van der Waals surface area contributed by atoms with Gasteiger partial charge in [0, 0.05) is 20.4 Å². The molecule has 0 atom stereocenters. The van der Waals surface area contributed by atoms with Gasteiger partial charge in [0.05, 0.1) is 5.09 Å². The van der Waals surface area contributed by atoms with E-state index in [1.807, 2.05) is 0 Å². The van der Waals surface area contributed by atoms with Crippen molar-refractivity contribution in [2.45, 2.75) is 0 Å². The van der Waals surface area contributed by atoms with Gasteiger partial charge in [-0.1, -0.05) is 0 Å². The van der Waals surface area contributed by atoms with Gasteiger partial charge >= 0.3 is 29.6 Å². The summed E-state index contributed by atoms with van der Waals surface area (Å²) in [5, 5.41) is 14.8. The summed E-state index contributed by atoms with van der Waals surface area (Å²) in [4.78, 5) is 8.25. The summed E-state index contributed by atoms with van der Waals surface area (Å²) in [6.07, 6.45) is 0. The molecule has 0 saturated carbocycles. The van der Waals surface area contributed by atoms with Crippen LogP contribution in [0.25, 0.3) is 0 Å². The van der Waals surface area contributed by atoms with Crippen molar-refractivity contribution in [2.75, 3.05) is 0 Å². The van der Waals surface area contributed by atoms with Crippen molar-refractivity contribution in [2.24, 2.45) is 0 Å². The second-order valence-electron chi connectivity index (χ2n) is 0.224. The predicted molar refractivity (Wildman–Crippen MR) is 11.5 cm³/mol. The molecule has 0 aliphatic carbocycles. The van der Waals surface area contributed by atoms with Crippen molar-refractivity contribution in [1.82, 2.24) is 0 Å². The van der Waals surface area contributed by atoms with Crippen molar-refractivity contribution in [3.05, 3.63) is 15.3 Å². The van der Waals surface area contributed by atoms with Crippen LogP contribution in [0.4, 0.5) is 0 Å². The standard InChI is InChI=1S/NO3.Na.Pd.H/c2-1(3)4;;;/q-1;+1;;-1. The zero-order valence-electron chi connectivity index (χ0n) is 3.99. The first-order valence-electron chi connectivity index (χ1n) is 0.548. The van der Waals surface area contributed by atoms with Crippen LogP contribution >= 0.6 is 0 Å². The van der Waals surface area contributed by atoms with E-state index in [1.54, 1.807) is 0 Å². The molecular weight excluding hydrogens is 191 g/mol. The third-order valence-corrected chi connectivity index (χ3v) is 0. The van der Waals surface area contributed by atoms with E-state index in [0.717, 1.165) is 0 Å². The van der Waals surface area contributed by atoms with Crippen LogP contribution < -0.4 is 29.6 Å². The minimum absolute atomic E-state index is 0. The molecule has 36 valence electrons. The van der Waals surface area contributed by atoms with E-state index >= 15 is 0 Å². The van der Waals surface area contributed by atoms with Gasteiger partial charge in [-0.15, -0.1) is 0 Å². The molecule has 0 N–H and O–H groups in total. The molecule has 0 aliphatic rings. The van der Waals surface area contributed by atoms with Crippen molar-refractivity contribution < 1.29 is 56.5 Å². The Hall–Kier alpha value is 0.862. The molecule has 0 aromatic heterocycles. The van der Waals surface area contributed by atoms with E-state index < -0.39 is 5.09 Å². The van der Waals surface area contributed by atoms with Crippen molar-refractivity contribution in [3.63, 3.8) is 0 Å². The maximum atomic E-state index is 8.25. The number of hydrogen-bond acceptors (Lipinski definition) is 3. The van der Waals surface area contributed by atoms with E-state index in [0.29, 0.717) is 0 Å². The van der Waals surface area contributed by atoms with Gasteiger partial charge in [0.15, 0.2) is 0 Å². The summed E-state index contributed by atoms with van der Waals surface area (Å²) in [5.41, 5.74) is 0. The minimum Gasteiger partial charge on any atom is -1.00 e. The second kappa shape index (κ2) is 9.29. The van der Waals surface area contributed by atoms with Crippen LogP contribution in [0.1, 0.15) is 1.43 Å². The molecule has 0 radical (unpaired) electrons. The van der Waals surface area contributed by atoms with E-state index in [9.17, 15) is 0 Å². The predicted octanol–water partition coefficient (Wildman–Crippen LogP) is -3.13. The molecule has 6 heteroatoms. The molecule has 0 aliphatic heterocycles. The Balaban J connectivity index is -0.0000000150. The van der Waals surface area contributed by atoms with Crippen molar-refractivity contribution in [1.29, 1.82) is 0 Å². The molecule has 0 aromatic rings. The molecule has 0 spiro atoms. The smallest absolute Gasteiger partial charge is 1.00 e. The Bertz CT molecular complexity index is 37.9. The summed E-state index contributed by atoms with van der Waals surface area (Å²) in [7, 11) is 0. The average molecular weight is 192 g/mol. The van der Waals surface area contributed by atoms with Crippen LogP contribution in [0.15, 0.2) is 0 Å². The second-order valence-corrected chi connectivity index (χ2v) is 0.224. The maximum Gasteiger partial charge on any atom is 1.00 e. The first kappa shape index (κ1) is 15.8. The third kappa shape index (κ3) is 97.5. The maximum absolute atomic E-state index is 8.25. The van der Waals surface area contributed by atoms with Crippen LogP contribution in [0, 0.1) is 15.3 Å². The fourth-order valence-corrected chi connectivity index (χ4v) is 0. The Kier molecular flexibility index (Phi) is 24.5. The van der Waals surface area contributed by atoms with E-state index in [4.69, 9.17) is 15.3 Å². The van der Waals surface area contributed by atoms with Gasteiger partial charge in [0.1, 0.15) is 0 Å². The Labute approximate surface area is 71.5 Å². The Morgan fingerprint density at radius 3 is 1.50 bits per heavy atom. The fourth-order valence-electron chi connectivity index (χ4n) is 0. The quantitative estimate of drug-likeness (QED) is 0.232. The molecule has 0 saturated heterocycles. The van der Waals surface area contributed by atoms with Gasteiger partial charge < -0.3 is 16.7 Å². The zero-order chi connectivity index (χ0) is 3.58. The molecular formula is HNNaO3Pd-. The minimum atomic E-state index is -1.75. The Morgan fingerprint density at radius 2 is 1.50 bits per heavy atom. The molecule has 4 nitrogen and oxygen atoms in total. The monoisotopic (exact) mass is 192 g/mol. The van der Waals surface area contributed by atoms with Crippen molar-refractivity contribution >= 4 is 0 Å². The molecule has 0 unspecified atom stereocenters. The average Bonchev–Trinajstić information content (AvgIpc) is 0.811. The van der Waals surface area contributed by atoms with Crippen LogP contribution in [0.3, 0.4) is 0 Å². The van der Waals surface area contributed by atoms with Crippen LogP contribution in [0.2, 0.25) is 0 Å². The normalized spacial score (nSPS) is 4.00. The van der Waals surface area contributed by atoms with Gasteiger partial charge in [0.25, 0.3) is 0 Å². The molecule has 0 bridgehead atoms. The number of hydrogen-bond donors (Lipinski definition) is 0. The SMILES string of the molecule is O=[N+]([O-])[O-].[H-].[Na+].[Pd]. The molecule has 0 aromatic carbocycles. The molecule has 6 heavy (non-hydrogen) atoms. The summed E-state index contributed by atoms with van der Waals surface area (Å²) in [6.45, 7) is 0. The number of rotatable bonds is 0. The first-order chi connectivity index (χ1) is 1.73. The summed E-state index contributed by atoms with van der Waals surface area (Å²) in [6, 6.07) is 0. The number of nitrogens with zero attached hydrogens (tertiary/aromatic N) is 1. The van der Waals surface area contributed by atoms with Gasteiger partial charge in [-0.3, -0.25) is 0 Å². The largest absolute Gasteiger partial charge is 1.00 e. The Morgan fingerprint density at radius 1 is 1.50 bits per heavy atom. The third-order valence-electron chi connectivity index (χ3n) is 0. The summed E-state index contributed by atoms with van der Waals surface area (Å²) < 4.78 is 0. The van der Waals surface area contributed by atoms with Crippen LogP contribution in [-0.2, 0) is 20.4 Å². The molecule has 0 fully saturated rings. The van der Waals surface area contributed by atoms with Crippen LogP contribution in [-0.4, -0.2) is 5.09 Å². The van der Waals surface area contributed by atoms with E-state index in [2.05, 4.69) is 0 Å². The van der Waals surface area contributed by atoms with Gasteiger partial charge in [-0.05, 0) is 0 Å². The van der Waals surface area contributed by atoms with Gasteiger partial charge in [-0.2, -0.15) is 0 Å². The summed E-state index contributed by atoms with van der Waals surface area (Å²) in [5.74, 6) is 0. The molecule has 0 heterocycles. The van der Waals surface area contributed by atoms with Crippen LogP contribution in [0.5, 0.6) is 0 Å². The summed E-state index contributed by atoms with van der Waals surface area (Å²) >= 11 is 0. The van der Waals surface area contributed by atoms with E-state index in [-0.39, 0.29) is 51.4 Å². The van der Waals surface area contributed by atoms with Gasteiger partial charge in [-0.25, -0.2) is 0 Å².